The van der Waals surface area contributed by atoms with Gasteiger partial charge in [-0.05, 0) is 12.1 Å². The Morgan fingerprint density at radius 2 is 1.90 bits per heavy atom. The molecular formula is C12H9BF4KNO. The van der Waals surface area contributed by atoms with E-state index in [9.17, 15) is 17.3 Å². The molecule has 0 aliphatic heterocycles. The topological polar surface area (TPSA) is 22.1 Å². The first-order chi connectivity index (χ1) is 8.97. The summed E-state index contributed by atoms with van der Waals surface area (Å²) in [5.74, 6) is -1.28. The predicted molar refractivity (Wildman–Crippen MR) is 63.7 cm³/mol. The second-order valence-electron chi connectivity index (χ2n) is 3.91. The van der Waals surface area contributed by atoms with Crippen molar-refractivity contribution in [2.24, 2.45) is 0 Å². The molecule has 2 rings (SSSR count). The molecule has 0 saturated heterocycles. The van der Waals surface area contributed by atoms with Crippen LogP contribution in [0.15, 0.2) is 42.7 Å². The van der Waals surface area contributed by atoms with Crippen molar-refractivity contribution in [3.63, 3.8) is 0 Å². The molecule has 0 fully saturated rings. The summed E-state index contributed by atoms with van der Waals surface area (Å²) in [6, 6.07) is 5.49. The van der Waals surface area contributed by atoms with E-state index in [0.717, 1.165) is 12.1 Å². The summed E-state index contributed by atoms with van der Waals surface area (Å²) < 4.78 is 56.3. The van der Waals surface area contributed by atoms with Crippen LogP contribution in [0.25, 0.3) is 0 Å². The standard InChI is InChI=1S/C12H9BF4NO.K/c14-10-3-4-11(13(15,16)17)12(6-10)19-8-9-2-1-5-18-7-9;/h1-7H,8H2;/q-1;+1. The molecule has 0 atom stereocenters. The second kappa shape index (κ2) is 7.56. The van der Waals surface area contributed by atoms with Gasteiger partial charge in [0.2, 0.25) is 0 Å². The molecule has 8 heteroatoms. The van der Waals surface area contributed by atoms with Crippen LogP contribution in [0, 0.1) is 5.82 Å². The molecule has 100 valence electrons. The Hall–Kier alpha value is -0.409. The quantitative estimate of drug-likeness (QED) is 0.579. The summed E-state index contributed by atoms with van der Waals surface area (Å²) in [4.78, 5) is 3.81. The monoisotopic (exact) mass is 309 g/mol. The van der Waals surface area contributed by atoms with E-state index in [1.165, 1.54) is 12.4 Å². The summed E-state index contributed by atoms with van der Waals surface area (Å²) in [7, 11) is 0. The number of nitrogens with zero attached hydrogens (tertiary/aromatic N) is 1. The van der Waals surface area contributed by atoms with Gasteiger partial charge in [0.25, 0.3) is 0 Å². The van der Waals surface area contributed by atoms with Gasteiger partial charge in [0.15, 0.2) is 0 Å². The summed E-state index contributed by atoms with van der Waals surface area (Å²) >= 11 is 0. The molecule has 1 aromatic heterocycles. The zero-order valence-corrected chi connectivity index (χ0v) is 13.8. The Balaban J connectivity index is 0.00000200. The summed E-state index contributed by atoms with van der Waals surface area (Å²) in [5, 5.41) is 0. The molecular weight excluding hydrogens is 300 g/mol. The molecule has 1 heterocycles. The third kappa shape index (κ3) is 4.85. The molecule has 0 spiro atoms. The number of pyridine rings is 1. The molecule has 0 unspecified atom stereocenters. The van der Waals surface area contributed by atoms with Gasteiger partial charge in [-0.25, -0.2) is 4.39 Å². The minimum absolute atomic E-state index is 0. The third-order valence-corrected chi connectivity index (χ3v) is 2.45. The van der Waals surface area contributed by atoms with Crippen molar-refractivity contribution in [1.82, 2.24) is 4.98 Å². The fraction of sp³-hybridized carbons (Fsp3) is 0.0833. The first kappa shape index (κ1) is 17.6. The number of ether oxygens (including phenoxy) is 1. The van der Waals surface area contributed by atoms with Gasteiger partial charge in [0.1, 0.15) is 12.4 Å². The molecule has 0 aliphatic rings. The number of hydrogen-bond acceptors (Lipinski definition) is 2. The first-order valence-electron chi connectivity index (χ1n) is 5.48. The van der Waals surface area contributed by atoms with Crippen molar-refractivity contribution in [3.8, 4) is 5.75 Å². The van der Waals surface area contributed by atoms with Gasteiger partial charge >= 0.3 is 58.4 Å². The van der Waals surface area contributed by atoms with Gasteiger partial charge in [-0.3, -0.25) is 4.98 Å². The molecule has 1 aromatic carbocycles. The molecule has 0 amide bonds. The first-order valence-corrected chi connectivity index (χ1v) is 5.48. The van der Waals surface area contributed by atoms with Crippen LogP contribution in [-0.2, 0) is 6.61 Å². The molecule has 0 saturated carbocycles. The number of rotatable bonds is 4. The molecule has 0 radical (unpaired) electrons. The molecule has 0 aliphatic carbocycles. The van der Waals surface area contributed by atoms with Crippen molar-refractivity contribution in [3.05, 3.63) is 54.1 Å². The van der Waals surface area contributed by atoms with Crippen molar-refractivity contribution in [1.29, 1.82) is 0 Å². The molecule has 2 aromatic rings. The maximum absolute atomic E-state index is 13.0. The second-order valence-corrected chi connectivity index (χ2v) is 3.91. The van der Waals surface area contributed by atoms with Gasteiger partial charge in [-0.15, -0.1) is 0 Å². The summed E-state index contributed by atoms with van der Waals surface area (Å²) in [6.45, 7) is -5.34. The Kier molecular flexibility index (Phi) is 6.67. The van der Waals surface area contributed by atoms with Gasteiger partial charge in [-0.1, -0.05) is 17.6 Å². The van der Waals surface area contributed by atoms with E-state index in [4.69, 9.17) is 4.74 Å². The van der Waals surface area contributed by atoms with Crippen LogP contribution < -0.4 is 61.6 Å². The largest absolute Gasteiger partial charge is 1.00 e. The van der Waals surface area contributed by atoms with E-state index in [0.29, 0.717) is 11.6 Å². The van der Waals surface area contributed by atoms with Crippen molar-refractivity contribution in [2.75, 3.05) is 0 Å². The molecule has 20 heavy (non-hydrogen) atoms. The number of halogens is 4. The van der Waals surface area contributed by atoms with Gasteiger partial charge < -0.3 is 17.7 Å². The zero-order chi connectivity index (χ0) is 13.9. The van der Waals surface area contributed by atoms with Crippen LogP contribution in [0.5, 0.6) is 5.75 Å². The van der Waals surface area contributed by atoms with Crippen molar-refractivity contribution >= 4 is 12.4 Å². The summed E-state index contributed by atoms with van der Waals surface area (Å²) in [5.41, 5.74) is -0.335. The Bertz CT molecular complexity index is 565. The smallest absolute Gasteiger partial charge is 0.492 e. The van der Waals surface area contributed by atoms with Crippen LogP contribution in [-0.4, -0.2) is 12.0 Å². The number of benzene rings is 1. The van der Waals surface area contributed by atoms with Crippen molar-refractivity contribution in [2.45, 2.75) is 6.61 Å². The maximum Gasteiger partial charge on any atom is 1.00 e. The van der Waals surface area contributed by atoms with Crippen molar-refractivity contribution < 1.29 is 73.5 Å². The van der Waals surface area contributed by atoms with Crippen LogP contribution >= 0.6 is 0 Å². The molecule has 0 N–H and O–H groups in total. The average Bonchev–Trinajstić information content (AvgIpc) is 2.36. The van der Waals surface area contributed by atoms with Crippen LogP contribution in [0.3, 0.4) is 0 Å². The molecule has 0 bridgehead atoms. The van der Waals surface area contributed by atoms with Crippen LogP contribution in [0.4, 0.5) is 17.3 Å². The van der Waals surface area contributed by atoms with E-state index in [-0.39, 0.29) is 58.0 Å². The minimum atomic E-state index is -5.24. The number of aromatic nitrogens is 1. The van der Waals surface area contributed by atoms with Gasteiger partial charge in [-0.2, -0.15) is 0 Å². The van der Waals surface area contributed by atoms with E-state index in [2.05, 4.69) is 4.98 Å². The SMILES string of the molecule is Fc1ccc([B-](F)(F)F)c(OCc2cccnc2)c1.[K+]. The average molecular weight is 309 g/mol. The van der Waals surface area contributed by atoms with E-state index in [1.54, 1.807) is 12.1 Å². The Labute approximate surface area is 156 Å². The zero-order valence-electron chi connectivity index (χ0n) is 10.7. The fourth-order valence-corrected chi connectivity index (χ4v) is 1.55. The third-order valence-electron chi connectivity index (χ3n) is 2.45. The summed E-state index contributed by atoms with van der Waals surface area (Å²) in [6.07, 6.45) is 3.01. The fourth-order valence-electron chi connectivity index (χ4n) is 1.55. The van der Waals surface area contributed by atoms with E-state index in [1.807, 2.05) is 0 Å². The molecule has 2 nitrogen and oxygen atoms in total. The Morgan fingerprint density at radius 1 is 1.15 bits per heavy atom. The Morgan fingerprint density at radius 3 is 2.50 bits per heavy atom. The van der Waals surface area contributed by atoms with Gasteiger partial charge in [0.05, 0.1) is 5.75 Å². The predicted octanol–water partition coefficient (Wildman–Crippen LogP) is -0.142. The van der Waals surface area contributed by atoms with Crippen LogP contribution in [0.2, 0.25) is 0 Å². The van der Waals surface area contributed by atoms with E-state index < -0.39 is 24.0 Å². The van der Waals surface area contributed by atoms with E-state index >= 15 is 0 Å². The van der Waals surface area contributed by atoms with Gasteiger partial charge in [0, 0.05) is 24.0 Å². The minimum Gasteiger partial charge on any atom is -0.492 e. The number of hydrogen-bond donors (Lipinski definition) is 0. The van der Waals surface area contributed by atoms with Crippen LogP contribution in [0.1, 0.15) is 5.56 Å². The maximum atomic E-state index is 13.0. The normalized spacial score (nSPS) is 10.8.